The van der Waals surface area contributed by atoms with Gasteiger partial charge in [-0.2, -0.15) is 0 Å². The number of benzene rings is 1. The number of anilines is 1. The van der Waals surface area contributed by atoms with Crippen molar-refractivity contribution in [2.24, 2.45) is 0 Å². The smallest absolute Gasteiger partial charge is 0.322 e. The Kier molecular flexibility index (Phi) is 5.25. The second kappa shape index (κ2) is 7.63. The number of halogens is 2. The average Bonchev–Trinajstić information content (AvgIpc) is 3.02. The van der Waals surface area contributed by atoms with Crippen LogP contribution in [0.5, 0.6) is 0 Å². The van der Waals surface area contributed by atoms with Gasteiger partial charge >= 0.3 is 6.03 Å². The topological polar surface area (TPSA) is 87.5 Å². The summed E-state index contributed by atoms with van der Waals surface area (Å²) in [5.74, 6) is -1.58. The molecule has 1 aromatic heterocycles. The standard InChI is InChI=1S/C19H18F2N4O3/c1-4-7-25-11(3)16(18(26)22-15-8-10(2)28-24-15)17(23-19(25)27)13-6-5-12(20)9-14(13)21/h4-6,8-9,17H,1,7H2,2-3H3,(H,23,27)(H,22,24,26)/t17-/m1/s1. The molecular formula is C19H18F2N4O3. The van der Waals surface area contributed by atoms with Crippen molar-refractivity contribution in [1.82, 2.24) is 15.4 Å². The van der Waals surface area contributed by atoms with Crippen LogP contribution >= 0.6 is 0 Å². The van der Waals surface area contributed by atoms with E-state index in [1.807, 2.05) is 0 Å². The van der Waals surface area contributed by atoms with Crippen LogP contribution in [0.1, 0.15) is 24.3 Å². The molecule has 0 unspecified atom stereocenters. The molecule has 9 heteroatoms. The minimum absolute atomic E-state index is 0.0335. The SMILES string of the molecule is C=CCN1C(=O)N[C@H](c2ccc(F)cc2F)C(C(=O)Nc2cc(C)on2)=C1C. The van der Waals surface area contributed by atoms with E-state index in [9.17, 15) is 18.4 Å². The number of amides is 3. The van der Waals surface area contributed by atoms with Gasteiger partial charge in [-0.3, -0.25) is 9.69 Å². The summed E-state index contributed by atoms with van der Waals surface area (Å²) < 4.78 is 32.6. The van der Waals surface area contributed by atoms with Gasteiger partial charge in [0.25, 0.3) is 5.91 Å². The summed E-state index contributed by atoms with van der Waals surface area (Å²) in [6.45, 7) is 6.98. The lowest BCUT2D eigenvalue weighted by Gasteiger charge is -2.35. The van der Waals surface area contributed by atoms with Gasteiger partial charge in [0.15, 0.2) is 5.82 Å². The van der Waals surface area contributed by atoms with E-state index >= 15 is 0 Å². The van der Waals surface area contributed by atoms with Crippen LogP contribution in [-0.4, -0.2) is 28.5 Å². The molecule has 2 N–H and O–H groups in total. The van der Waals surface area contributed by atoms with E-state index in [2.05, 4.69) is 22.4 Å². The van der Waals surface area contributed by atoms with Gasteiger partial charge in [0, 0.05) is 29.9 Å². The molecule has 1 atom stereocenters. The van der Waals surface area contributed by atoms with Crippen molar-refractivity contribution < 1.29 is 22.9 Å². The fraction of sp³-hybridized carbons (Fsp3) is 0.211. The Balaban J connectivity index is 2.07. The molecule has 146 valence electrons. The molecule has 1 aliphatic heterocycles. The Labute approximate surface area is 159 Å². The monoisotopic (exact) mass is 388 g/mol. The highest BCUT2D eigenvalue weighted by Gasteiger charge is 2.36. The molecule has 1 aromatic carbocycles. The van der Waals surface area contributed by atoms with E-state index in [0.717, 1.165) is 6.07 Å². The van der Waals surface area contributed by atoms with E-state index in [1.165, 1.54) is 23.1 Å². The molecule has 0 fully saturated rings. The predicted molar refractivity (Wildman–Crippen MR) is 97.1 cm³/mol. The van der Waals surface area contributed by atoms with Gasteiger partial charge in [0.1, 0.15) is 17.4 Å². The van der Waals surface area contributed by atoms with E-state index in [1.54, 1.807) is 13.8 Å². The molecule has 0 saturated carbocycles. The molecule has 2 heterocycles. The van der Waals surface area contributed by atoms with Gasteiger partial charge in [-0.25, -0.2) is 13.6 Å². The molecule has 7 nitrogen and oxygen atoms in total. The Morgan fingerprint density at radius 2 is 2.14 bits per heavy atom. The maximum Gasteiger partial charge on any atom is 0.322 e. The Bertz CT molecular complexity index is 983. The zero-order valence-corrected chi connectivity index (χ0v) is 15.3. The summed E-state index contributed by atoms with van der Waals surface area (Å²) >= 11 is 0. The van der Waals surface area contributed by atoms with Crippen molar-refractivity contribution in [1.29, 1.82) is 0 Å². The first-order valence-corrected chi connectivity index (χ1v) is 8.41. The van der Waals surface area contributed by atoms with Crippen molar-refractivity contribution >= 4 is 17.8 Å². The lowest BCUT2D eigenvalue weighted by molar-refractivity contribution is -0.113. The third kappa shape index (κ3) is 3.64. The van der Waals surface area contributed by atoms with E-state index in [4.69, 9.17) is 4.52 Å². The molecule has 0 saturated heterocycles. The van der Waals surface area contributed by atoms with Gasteiger partial charge < -0.3 is 15.2 Å². The first-order chi connectivity index (χ1) is 13.3. The van der Waals surface area contributed by atoms with E-state index in [-0.39, 0.29) is 23.5 Å². The first kappa shape index (κ1) is 19.3. The van der Waals surface area contributed by atoms with Crippen LogP contribution in [0.3, 0.4) is 0 Å². The number of carbonyl (C=O) groups is 2. The summed E-state index contributed by atoms with van der Waals surface area (Å²) in [6, 6.07) is 2.84. The summed E-state index contributed by atoms with van der Waals surface area (Å²) in [5.41, 5.74) is 0.372. The minimum atomic E-state index is -1.11. The van der Waals surface area contributed by atoms with Crippen molar-refractivity contribution in [3.05, 3.63) is 71.1 Å². The van der Waals surface area contributed by atoms with Gasteiger partial charge in [0.2, 0.25) is 0 Å². The average molecular weight is 388 g/mol. The number of hydrogen-bond acceptors (Lipinski definition) is 4. The number of nitrogens with one attached hydrogen (secondary N) is 2. The molecule has 1 aliphatic rings. The van der Waals surface area contributed by atoms with Gasteiger partial charge in [0.05, 0.1) is 11.6 Å². The number of allylic oxidation sites excluding steroid dienone is 1. The zero-order valence-electron chi connectivity index (χ0n) is 15.3. The predicted octanol–water partition coefficient (Wildman–Crippen LogP) is 3.43. The van der Waals surface area contributed by atoms with E-state index < -0.39 is 29.6 Å². The molecule has 0 spiro atoms. The van der Waals surface area contributed by atoms with Crippen LogP contribution in [0.25, 0.3) is 0 Å². The summed E-state index contributed by atoms with van der Waals surface area (Å²) in [6.07, 6.45) is 1.50. The molecule has 0 aliphatic carbocycles. The number of rotatable bonds is 5. The maximum absolute atomic E-state index is 14.4. The lowest BCUT2D eigenvalue weighted by atomic mass is 9.93. The molecule has 3 amide bonds. The highest BCUT2D eigenvalue weighted by molar-refractivity contribution is 6.06. The molecule has 3 rings (SSSR count). The number of aryl methyl sites for hydroxylation is 1. The molecule has 0 bridgehead atoms. The third-order valence-electron chi connectivity index (χ3n) is 4.30. The maximum atomic E-state index is 14.4. The van der Waals surface area contributed by atoms with Crippen molar-refractivity contribution in [2.45, 2.75) is 19.9 Å². The fourth-order valence-electron chi connectivity index (χ4n) is 3.00. The zero-order chi connectivity index (χ0) is 20.4. The number of carbonyl (C=O) groups excluding carboxylic acids is 2. The Morgan fingerprint density at radius 3 is 2.75 bits per heavy atom. The molecule has 0 radical (unpaired) electrons. The van der Waals surface area contributed by atoms with Crippen molar-refractivity contribution in [2.75, 3.05) is 11.9 Å². The Hall–Kier alpha value is -3.49. The van der Waals surface area contributed by atoms with Crippen LogP contribution in [-0.2, 0) is 4.79 Å². The van der Waals surface area contributed by atoms with Crippen LogP contribution in [0.2, 0.25) is 0 Å². The Morgan fingerprint density at radius 1 is 1.39 bits per heavy atom. The molecule has 2 aromatic rings. The minimum Gasteiger partial charge on any atom is -0.360 e. The fourth-order valence-corrected chi connectivity index (χ4v) is 3.00. The number of nitrogens with zero attached hydrogens (tertiary/aromatic N) is 2. The van der Waals surface area contributed by atoms with Gasteiger partial charge in [-0.1, -0.05) is 17.3 Å². The highest BCUT2D eigenvalue weighted by Crippen LogP contribution is 2.32. The second-order valence-corrected chi connectivity index (χ2v) is 6.22. The molecule has 28 heavy (non-hydrogen) atoms. The first-order valence-electron chi connectivity index (χ1n) is 8.41. The largest absolute Gasteiger partial charge is 0.360 e. The summed E-state index contributed by atoms with van der Waals surface area (Å²) in [5, 5.41) is 8.87. The number of urea groups is 1. The highest BCUT2D eigenvalue weighted by atomic mass is 19.1. The number of hydrogen-bond donors (Lipinski definition) is 2. The molecular weight excluding hydrogens is 370 g/mol. The second-order valence-electron chi connectivity index (χ2n) is 6.22. The van der Waals surface area contributed by atoms with Crippen LogP contribution < -0.4 is 10.6 Å². The normalized spacial score (nSPS) is 16.8. The summed E-state index contributed by atoms with van der Waals surface area (Å²) in [4.78, 5) is 26.7. The van der Waals surface area contributed by atoms with Crippen LogP contribution in [0, 0.1) is 18.6 Å². The van der Waals surface area contributed by atoms with Crippen LogP contribution in [0.4, 0.5) is 19.4 Å². The van der Waals surface area contributed by atoms with Crippen molar-refractivity contribution in [3.63, 3.8) is 0 Å². The third-order valence-corrected chi connectivity index (χ3v) is 4.30. The van der Waals surface area contributed by atoms with Crippen molar-refractivity contribution in [3.8, 4) is 0 Å². The van der Waals surface area contributed by atoms with Crippen LogP contribution in [0.15, 0.2) is 52.7 Å². The van der Waals surface area contributed by atoms with Gasteiger partial charge in [-0.05, 0) is 19.9 Å². The number of aromatic nitrogens is 1. The van der Waals surface area contributed by atoms with E-state index in [0.29, 0.717) is 17.5 Å². The van der Waals surface area contributed by atoms with Gasteiger partial charge in [-0.15, -0.1) is 6.58 Å². The lowest BCUT2D eigenvalue weighted by Crippen LogP contribution is -2.48. The quantitative estimate of drug-likeness (QED) is 0.769. The summed E-state index contributed by atoms with van der Waals surface area (Å²) in [7, 11) is 0.